The summed E-state index contributed by atoms with van der Waals surface area (Å²) in [5.41, 5.74) is 3.18. The van der Waals surface area contributed by atoms with Crippen LogP contribution >= 0.6 is 11.6 Å². The fraction of sp³-hybridized carbons (Fsp3) is 0.310. The minimum absolute atomic E-state index is 0.0109. The Balaban J connectivity index is 1.28. The fourth-order valence-electron chi connectivity index (χ4n) is 3.75. The standard InChI is InChI=1S/C29H34ClN3O3/c1-32(19-14-24-10-13-28(36-2)27(30)22-24)18-4-3-17-31-29(35)7-5-6-23-8-11-25(12-9-23)33-20-15-26(34)16-21-33/h5-6,8-13,15-16,20-22H,3-4,7,14,17-19H2,1-2H3,(H,31,35). The van der Waals surface area contributed by atoms with Crippen LogP contribution < -0.4 is 15.5 Å². The van der Waals surface area contributed by atoms with Crippen molar-refractivity contribution in [1.82, 2.24) is 14.8 Å². The van der Waals surface area contributed by atoms with Gasteiger partial charge >= 0.3 is 0 Å². The number of halogens is 1. The number of benzene rings is 2. The second-order valence-corrected chi connectivity index (χ2v) is 9.13. The molecule has 0 radical (unpaired) electrons. The number of carbonyl (C=O) groups excluding carboxylic acids is 1. The number of nitrogens with zero attached hydrogens (tertiary/aromatic N) is 2. The van der Waals surface area contributed by atoms with Crippen LogP contribution in [-0.4, -0.2) is 49.2 Å². The molecule has 0 spiro atoms. The SMILES string of the molecule is COc1ccc(CCN(C)CCCCNC(=O)CC=Cc2ccc(-n3ccc(=O)cc3)cc2)cc1Cl. The Hall–Kier alpha value is -3.35. The number of methoxy groups -OCH3 is 1. The van der Waals surface area contributed by atoms with Crippen LogP contribution in [0.2, 0.25) is 5.02 Å². The molecule has 0 unspecified atom stereocenters. The summed E-state index contributed by atoms with van der Waals surface area (Å²) in [7, 11) is 3.73. The van der Waals surface area contributed by atoms with Gasteiger partial charge in [0.1, 0.15) is 5.75 Å². The molecule has 2 aromatic carbocycles. The fourth-order valence-corrected chi connectivity index (χ4v) is 4.03. The van der Waals surface area contributed by atoms with Gasteiger partial charge < -0.3 is 19.5 Å². The number of amides is 1. The van der Waals surface area contributed by atoms with Gasteiger partial charge in [-0.2, -0.15) is 0 Å². The maximum absolute atomic E-state index is 12.1. The summed E-state index contributed by atoms with van der Waals surface area (Å²) in [6.45, 7) is 2.61. The third kappa shape index (κ3) is 9.02. The number of rotatable bonds is 13. The first-order valence-corrected chi connectivity index (χ1v) is 12.6. The van der Waals surface area contributed by atoms with Crippen LogP contribution in [0.5, 0.6) is 5.75 Å². The van der Waals surface area contributed by atoms with Crippen molar-refractivity contribution in [3.8, 4) is 11.4 Å². The summed E-state index contributed by atoms with van der Waals surface area (Å²) in [6.07, 6.45) is 10.6. The highest BCUT2D eigenvalue weighted by molar-refractivity contribution is 6.32. The third-order valence-electron chi connectivity index (χ3n) is 5.89. The van der Waals surface area contributed by atoms with E-state index in [-0.39, 0.29) is 11.3 Å². The van der Waals surface area contributed by atoms with Crippen molar-refractivity contribution >= 4 is 23.6 Å². The average molecular weight is 508 g/mol. The molecule has 0 aliphatic heterocycles. The maximum atomic E-state index is 12.1. The molecular formula is C29H34ClN3O3. The number of carbonyl (C=O) groups is 1. The van der Waals surface area contributed by atoms with E-state index in [0.717, 1.165) is 43.6 Å². The number of unbranched alkanes of at least 4 members (excludes halogenated alkanes) is 1. The highest BCUT2D eigenvalue weighted by Gasteiger charge is 2.04. The van der Waals surface area contributed by atoms with Gasteiger partial charge in [-0.15, -0.1) is 0 Å². The lowest BCUT2D eigenvalue weighted by molar-refractivity contribution is -0.120. The maximum Gasteiger partial charge on any atom is 0.223 e. The number of likely N-dealkylation sites (N-methyl/N-ethyl adjacent to an activating group) is 1. The van der Waals surface area contributed by atoms with E-state index in [4.69, 9.17) is 16.3 Å². The summed E-state index contributed by atoms with van der Waals surface area (Å²) < 4.78 is 7.08. The molecule has 190 valence electrons. The Kier molecular flexibility index (Phi) is 10.8. The van der Waals surface area contributed by atoms with Gasteiger partial charge in [0.2, 0.25) is 5.91 Å². The summed E-state index contributed by atoms with van der Waals surface area (Å²) in [5, 5.41) is 3.63. The molecule has 0 saturated heterocycles. The largest absolute Gasteiger partial charge is 0.495 e. The Labute approximate surface area is 218 Å². The second-order valence-electron chi connectivity index (χ2n) is 8.72. The quantitative estimate of drug-likeness (QED) is 0.332. The van der Waals surface area contributed by atoms with Gasteiger partial charge in [-0.3, -0.25) is 9.59 Å². The van der Waals surface area contributed by atoms with Crippen molar-refractivity contribution in [3.05, 3.63) is 99.4 Å². The number of ether oxygens (including phenoxy) is 1. The molecule has 1 amide bonds. The average Bonchev–Trinajstić information content (AvgIpc) is 2.88. The summed E-state index contributed by atoms with van der Waals surface area (Å²) in [6, 6.07) is 16.9. The number of hydrogen-bond donors (Lipinski definition) is 1. The van der Waals surface area contributed by atoms with Crippen LogP contribution in [0.15, 0.2) is 77.9 Å². The lowest BCUT2D eigenvalue weighted by Gasteiger charge is -2.17. The van der Waals surface area contributed by atoms with Gasteiger partial charge in [-0.25, -0.2) is 0 Å². The van der Waals surface area contributed by atoms with Gasteiger partial charge in [0.05, 0.1) is 12.1 Å². The van der Waals surface area contributed by atoms with Crippen molar-refractivity contribution in [2.45, 2.75) is 25.7 Å². The first-order chi connectivity index (χ1) is 17.4. The Morgan fingerprint density at radius 1 is 1.06 bits per heavy atom. The first-order valence-electron chi connectivity index (χ1n) is 12.2. The zero-order valence-electron chi connectivity index (χ0n) is 21.0. The van der Waals surface area contributed by atoms with Crippen molar-refractivity contribution in [1.29, 1.82) is 0 Å². The predicted molar refractivity (Wildman–Crippen MR) is 147 cm³/mol. The van der Waals surface area contributed by atoms with Crippen molar-refractivity contribution in [2.75, 3.05) is 33.8 Å². The van der Waals surface area contributed by atoms with Crippen LogP contribution in [0.3, 0.4) is 0 Å². The molecule has 0 atom stereocenters. The molecular weight excluding hydrogens is 474 g/mol. The van der Waals surface area contributed by atoms with E-state index in [1.807, 2.05) is 59.2 Å². The van der Waals surface area contributed by atoms with E-state index in [9.17, 15) is 9.59 Å². The molecule has 0 aliphatic carbocycles. The monoisotopic (exact) mass is 507 g/mol. The normalized spacial score (nSPS) is 11.2. The first kappa shape index (κ1) is 27.2. The molecule has 0 fully saturated rings. The molecule has 0 bridgehead atoms. The molecule has 1 N–H and O–H groups in total. The highest BCUT2D eigenvalue weighted by Crippen LogP contribution is 2.25. The van der Waals surface area contributed by atoms with Crippen molar-refractivity contribution in [3.63, 3.8) is 0 Å². The van der Waals surface area contributed by atoms with E-state index in [1.54, 1.807) is 19.5 Å². The van der Waals surface area contributed by atoms with E-state index in [2.05, 4.69) is 17.3 Å². The van der Waals surface area contributed by atoms with Crippen LogP contribution in [0, 0.1) is 0 Å². The third-order valence-corrected chi connectivity index (χ3v) is 6.19. The molecule has 0 aliphatic rings. The second kappa shape index (κ2) is 14.3. The van der Waals surface area contributed by atoms with Crippen molar-refractivity contribution in [2.24, 2.45) is 0 Å². The smallest absolute Gasteiger partial charge is 0.223 e. The van der Waals surface area contributed by atoms with Gasteiger partial charge in [0.25, 0.3) is 0 Å². The molecule has 36 heavy (non-hydrogen) atoms. The molecule has 3 aromatic rings. The topological polar surface area (TPSA) is 63.6 Å². The number of aromatic nitrogens is 1. The van der Waals surface area contributed by atoms with E-state index in [1.165, 1.54) is 17.7 Å². The molecule has 6 nitrogen and oxygen atoms in total. The van der Waals surface area contributed by atoms with E-state index >= 15 is 0 Å². The van der Waals surface area contributed by atoms with Crippen LogP contribution in [0.1, 0.15) is 30.4 Å². The Morgan fingerprint density at radius 3 is 2.50 bits per heavy atom. The zero-order chi connectivity index (χ0) is 25.8. The molecule has 3 rings (SSSR count). The van der Waals surface area contributed by atoms with Crippen LogP contribution in [0.4, 0.5) is 0 Å². The Morgan fingerprint density at radius 2 is 1.81 bits per heavy atom. The molecule has 1 heterocycles. The number of hydrogen-bond acceptors (Lipinski definition) is 4. The predicted octanol–water partition coefficient (Wildman–Crippen LogP) is 4.97. The lowest BCUT2D eigenvalue weighted by Crippen LogP contribution is -2.26. The van der Waals surface area contributed by atoms with Gasteiger partial charge in [-0.05, 0) is 68.2 Å². The number of pyridine rings is 1. The lowest BCUT2D eigenvalue weighted by atomic mass is 10.1. The summed E-state index contributed by atoms with van der Waals surface area (Å²) in [4.78, 5) is 25.6. The molecule has 0 saturated carbocycles. The van der Waals surface area contributed by atoms with E-state index < -0.39 is 0 Å². The Bertz CT molecular complexity index is 1180. The molecule has 1 aromatic heterocycles. The minimum atomic E-state index is -0.0109. The summed E-state index contributed by atoms with van der Waals surface area (Å²) >= 11 is 6.20. The van der Waals surface area contributed by atoms with Crippen LogP contribution in [0.25, 0.3) is 11.8 Å². The van der Waals surface area contributed by atoms with Gasteiger partial charge in [0.15, 0.2) is 5.43 Å². The van der Waals surface area contributed by atoms with Crippen LogP contribution in [-0.2, 0) is 11.2 Å². The van der Waals surface area contributed by atoms with Gasteiger partial charge in [-0.1, -0.05) is 42.0 Å². The molecule has 7 heteroatoms. The van der Waals surface area contributed by atoms with Gasteiger partial charge in [0, 0.05) is 49.7 Å². The summed E-state index contributed by atoms with van der Waals surface area (Å²) in [5.74, 6) is 0.727. The van der Waals surface area contributed by atoms with E-state index in [0.29, 0.717) is 23.7 Å². The zero-order valence-corrected chi connectivity index (χ0v) is 21.7. The minimum Gasteiger partial charge on any atom is -0.495 e. The highest BCUT2D eigenvalue weighted by atomic mass is 35.5. The number of nitrogens with one attached hydrogen (secondary N) is 1. The van der Waals surface area contributed by atoms with Crippen molar-refractivity contribution < 1.29 is 9.53 Å².